The molecule has 3 N–H and O–H groups in total. The van der Waals surface area contributed by atoms with Crippen molar-refractivity contribution in [3.05, 3.63) is 29.3 Å². The fourth-order valence-electron chi connectivity index (χ4n) is 1.63. The molecule has 0 aliphatic carbocycles. The van der Waals surface area contributed by atoms with Gasteiger partial charge in [-0.3, -0.25) is 0 Å². The molecule has 3 heteroatoms. The summed E-state index contributed by atoms with van der Waals surface area (Å²) in [5.41, 5.74) is 7.38. The van der Waals surface area contributed by atoms with Gasteiger partial charge in [0.1, 0.15) is 5.75 Å². The lowest BCUT2D eigenvalue weighted by atomic mass is 10.0. The molecule has 3 nitrogen and oxygen atoms in total. The van der Waals surface area contributed by atoms with E-state index in [-0.39, 0.29) is 6.54 Å². The molecule has 0 bridgehead atoms. The van der Waals surface area contributed by atoms with Crippen molar-refractivity contribution < 1.29 is 9.84 Å². The van der Waals surface area contributed by atoms with Crippen LogP contribution in [0, 0.1) is 0 Å². The lowest BCUT2D eigenvalue weighted by molar-refractivity contribution is 0.181. The van der Waals surface area contributed by atoms with Crippen molar-refractivity contribution in [1.82, 2.24) is 0 Å². The van der Waals surface area contributed by atoms with E-state index in [9.17, 15) is 5.11 Å². The van der Waals surface area contributed by atoms with Gasteiger partial charge in [-0.15, -0.1) is 0 Å². The van der Waals surface area contributed by atoms with Gasteiger partial charge in [0.15, 0.2) is 0 Å². The Labute approximate surface area is 77.1 Å². The third-order valence-electron chi connectivity index (χ3n) is 2.33. The summed E-state index contributed by atoms with van der Waals surface area (Å²) in [6.07, 6.45) is 0.327. The van der Waals surface area contributed by atoms with Crippen LogP contribution in [0.25, 0.3) is 0 Å². The van der Waals surface area contributed by atoms with E-state index >= 15 is 0 Å². The van der Waals surface area contributed by atoms with Crippen molar-refractivity contribution in [2.24, 2.45) is 5.73 Å². The number of para-hydroxylation sites is 1. The lowest BCUT2D eigenvalue weighted by Gasteiger charge is -2.11. The van der Waals surface area contributed by atoms with Gasteiger partial charge in [-0.2, -0.15) is 0 Å². The van der Waals surface area contributed by atoms with E-state index in [1.165, 1.54) is 5.56 Å². The van der Waals surface area contributed by atoms with Crippen molar-refractivity contribution in [2.75, 3.05) is 13.2 Å². The lowest BCUT2D eigenvalue weighted by Crippen LogP contribution is -2.12. The second-order valence-electron chi connectivity index (χ2n) is 3.19. The smallest absolute Gasteiger partial charge is 0.128 e. The molecule has 0 saturated carbocycles. The zero-order valence-electron chi connectivity index (χ0n) is 7.36. The second kappa shape index (κ2) is 3.36. The molecular formula is C10H13NO2. The summed E-state index contributed by atoms with van der Waals surface area (Å²) in [6, 6.07) is 5.82. The van der Waals surface area contributed by atoms with E-state index in [1.54, 1.807) is 0 Å². The molecule has 1 heterocycles. The van der Waals surface area contributed by atoms with Crippen LogP contribution in [0.5, 0.6) is 5.75 Å². The first-order chi connectivity index (χ1) is 6.33. The molecule has 1 aromatic rings. The van der Waals surface area contributed by atoms with Gasteiger partial charge in [-0.25, -0.2) is 0 Å². The minimum absolute atomic E-state index is 0.236. The minimum Gasteiger partial charge on any atom is -0.493 e. The maximum Gasteiger partial charge on any atom is 0.128 e. The summed E-state index contributed by atoms with van der Waals surface area (Å²) >= 11 is 0. The summed E-state index contributed by atoms with van der Waals surface area (Å²) in [6.45, 7) is 0.948. The number of hydrogen-bond acceptors (Lipinski definition) is 3. The largest absolute Gasteiger partial charge is 0.493 e. The minimum atomic E-state index is -0.604. The first-order valence-corrected chi connectivity index (χ1v) is 4.45. The Kier molecular flexibility index (Phi) is 2.20. The highest BCUT2D eigenvalue weighted by Crippen LogP contribution is 2.32. The summed E-state index contributed by atoms with van der Waals surface area (Å²) in [4.78, 5) is 0. The standard InChI is InChI=1S/C10H13NO2/c11-6-9(12)8-3-1-2-7-4-5-13-10(7)8/h1-3,9,12H,4-6,11H2/t9-/m1/s1. The molecule has 13 heavy (non-hydrogen) atoms. The summed E-state index contributed by atoms with van der Waals surface area (Å²) in [5.74, 6) is 0.834. The van der Waals surface area contributed by atoms with Crippen LogP contribution in [0.1, 0.15) is 17.2 Å². The van der Waals surface area contributed by atoms with Crippen LogP contribution < -0.4 is 10.5 Å². The number of aliphatic hydroxyl groups excluding tert-OH is 1. The normalized spacial score (nSPS) is 16.5. The van der Waals surface area contributed by atoms with Crippen molar-refractivity contribution in [3.8, 4) is 5.75 Å². The van der Waals surface area contributed by atoms with Crippen LogP contribution >= 0.6 is 0 Å². The van der Waals surface area contributed by atoms with Crippen molar-refractivity contribution in [3.63, 3.8) is 0 Å². The highest BCUT2D eigenvalue weighted by atomic mass is 16.5. The molecule has 0 fully saturated rings. The van der Waals surface area contributed by atoms with Crippen LogP contribution in [0.15, 0.2) is 18.2 Å². The maximum absolute atomic E-state index is 9.59. The number of ether oxygens (including phenoxy) is 1. The Morgan fingerprint density at radius 1 is 1.54 bits per heavy atom. The fraction of sp³-hybridized carbons (Fsp3) is 0.400. The summed E-state index contributed by atoms with van der Waals surface area (Å²) < 4.78 is 5.44. The molecule has 1 aliphatic heterocycles. The van der Waals surface area contributed by atoms with E-state index in [1.807, 2.05) is 18.2 Å². The van der Waals surface area contributed by atoms with Gasteiger partial charge in [0.05, 0.1) is 12.7 Å². The van der Waals surface area contributed by atoms with Gasteiger partial charge in [-0.05, 0) is 5.56 Å². The summed E-state index contributed by atoms with van der Waals surface area (Å²) in [5, 5.41) is 9.59. The molecule has 1 atom stereocenters. The zero-order valence-corrected chi connectivity index (χ0v) is 7.36. The van der Waals surface area contributed by atoms with Gasteiger partial charge < -0.3 is 15.6 Å². The molecule has 2 rings (SSSR count). The zero-order chi connectivity index (χ0) is 9.26. The third kappa shape index (κ3) is 1.41. The number of rotatable bonds is 2. The van der Waals surface area contributed by atoms with Gasteiger partial charge in [0.2, 0.25) is 0 Å². The average Bonchev–Trinajstić information content (AvgIpc) is 2.63. The van der Waals surface area contributed by atoms with E-state index in [4.69, 9.17) is 10.5 Å². The average molecular weight is 179 g/mol. The number of aliphatic hydroxyl groups is 1. The molecule has 0 amide bonds. The molecule has 0 spiro atoms. The predicted octanol–water partition coefficient (Wildman–Crippen LogP) is 0.614. The fourth-order valence-corrected chi connectivity index (χ4v) is 1.63. The first-order valence-electron chi connectivity index (χ1n) is 4.45. The van der Waals surface area contributed by atoms with E-state index in [0.29, 0.717) is 6.61 Å². The van der Waals surface area contributed by atoms with Crippen molar-refractivity contribution >= 4 is 0 Å². The third-order valence-corrected chi connectivity index (χ3v) is 2.33. The van der Waals surface area contributed by atoms with Crippen LogP contribution in [0.2, 0.25) is 0 Å². The quantitative estimate of drug-likeness (QED) is 0.699. The second-order valence-corrected chi connectivity index (χ2v) is 3.19. The Bertz CT molecular complexity index is 312. The molecule has 1 aromatic carbocycles. The highest BCUT2D eigenvalue weighted by Gasteiger charge is 2.19. The van der Waals surface area contributed by atoms with Crippen LogP contribution in [-0.2, 0) is 6.42 Å². The topological polar surface area (TPSA) is 55.5 Å². The molecule has 70 valence electrons. The van der Waals surface area contributed by atoms with Crippen LogP contribution in [0.4, 0.5) is 0 Å². The Morgan fingerprint density at radius 3 is 3.15 bits per heavy atom. The first kappa shape index (κ1) is 8.53. The Morgan fingerprint density at radius 2 is 2.38 bits per heavy atom. The SMILES string of the molecule is NC[C@@H](O)c1cccc2c1OCC2. The number of hydrogen-bond donors (Lipinski definition) is 2. The molecule has 0 unspecified atom stereocenters. The Balaban J connectivity index is 2.41. The van der Waals surface area contributed by atoms with Gasteiger partial charge in [-0.1, -0.05) is 18.2 Å². The van der Waals surface area contributed by atoms with E-state index in [0.717, 1.165) is 17.7 Å². The monoisotopic (exact) mass is 179 g/mol. The predicted molar refractivity (Wildman–Crippen MR) is 49.7 cm³/mol. The molecule has 0 radical (unpaired) electrons. The van der Waals surface area contributed by atoms with E-state index in [2.05, 4.69) is 0 Å². The molecule has 0 aromatic heterocycles. The van der Waals surface area contributed by atoms with Crippen molar-refractivity contribution in [2.45, 2.75) is 12.5 Å². The maximum atomic E-state index is 9.59. The number of nitrogens with two attached hydrogens (primary N) is 1. The van der Waals surface area contributed by atoms with Crippen LogP contribution in [-0.4, -0.2) is 18.3 Å². The Hall–Kier alpha value is -1.06. The van der Waals surface area contributed by atoms with Gasteiger partial charge in [0.25, 0.3) is 0 Å². The van der Waals surface area contributed by atoms with Crippen LogP contribution in [0.3, 0.4) is 0 Å². The molecule has 0 saturated heterocycles. The van der Waals surface area contributed by atoms with Crippen molar-refractivity contribution in [1.29, 1.82) is 0 Å². The van der Waals surface area contributed by atoms with Gasteiger partial charge in [0, 0.05) is 18.5 Å². The summed E-state index contributed by atoms with van der Waals surface area (Å²) in [7, 11) is 0. The van der Waals surface area contributed by atoms with Gasteiger partial charge >= 0.3 is 0 Å². The number of fused-ring (bicyclic) bond motifs is 1. The van der Waals surface area contributed by atoms with E-state index < -0.39 is 6.10 Å². The highest BCUT2D eigenvalue weighted by molar-refractivity contribution is 5.45. The molecule has 1 aliphatic rings. The number of benzene rings is 1. The molecular weight excluding hydrogens is 166 g/mol.